The molecule has 2 N–H and O–H groups in total. The van der Waals surface area contributed by atoms with E-state index in [4.69, 9.17) is 0 Å². The number of nitrogens with one attached hydrogen (secondary N) is 2. The molecule has 0 spiro atoms. The van der Waals surface area contributed by atoms with Gasteiger partial charge in [-0.3, -0.25) is 4.79 Å². The lowest BCUT2D eigenvalue weighted by Crippen LogP contribution is -2.14. The average Bonchev–Trinajstić information content (AvgIpc) is 2.28. The molecule has 0 aliphatic heterocycles. The SMILES string of the molecule is O=c1[nH]ccnc1NCc1cccc(Br)c1. The van der Waals surface area contributed by atoms with Gasteiger partial charge in [-0.1, -0.05) is 28.1 Å². The number of nitrogens with zero attached hydrogens (tertiary/aromatic N) is 1. The molecule has 82 valence electrons. The molecule has 0 fully saturated rings. The van der Waals surface area contributed by atoms with Crippen LogP contribution in [0, 0.1) is 0 Å². The van der Waals surface area contributed by atoms with Crippen LogP contribution in [0.5, 0.6) is 0 Å². The molecule has 0 radical (unpaired) electrons. The van der Waals surface area contributed by atoms with Crippen molar-refractivity contribution in [1.29, 1.82) is 0 Å². The van der Waals surface area contributed by atoms with E-state index in [2.05, 4.69) is 31.2 Å². The number of anilines is 1. The molecule has 0 amide bonds. The first kappa shape index (κ1) is 10.9. The van der Waals surface area contributed by atoms with Crippen LogP contribution < -0.4 is 10.9 Å². The molecule has 2 rings (SSSR count). The van der Waals surface area contributed by atoms with Gasteiger partial charge in [-0.25, -0.2) is 4.98 Å². The Labute approximate surface area is 101 Å². The first-order valence-electron chi connectivity index (χ1n) is 4.78. The summed E-state index contributed by atoms with van der Waals surface area (Å²) in [7, 11) is 0. The number of H-pyrrole nitrogens is 1. The number of aromatic nitrogens is 2. The van der Waals surface area contributed by atoms with E-state index >= 15 is 0 Å². The van der Waals surface area contributed by atoms with Crippen LogP contribution in [-0.2, 0) is 6.54 Å². The fraction of sp³-hybridized carbons (Fsp3) is 0.0909. The molecule has 0 aliphatic carbocycles. The number of benzene rings is 1. The van der Waals surface area contributed by atoms with Gasteiger partial charge in [-0.15, -0.1) is 0 Å². The lowest BCUT2D eigenvalue weighted by atomic mass is 10.2. The predicted octanol–water partition coefficient (Wildman–Crippen LogP) is 2.14. The van der Waals surface area contributed by atoms with Gasteiger partial charge in [0.1, 0.15) is 0 Å². The Morgan fingerprint density at radius 3 is 3.06 bits per heavy atom. The monoisotopic (exact) mass is 279 g/mol. The lowest BCUT2D eigenvalue weighted by molar-refractivity contribution is 1.06. The zero-order valence-corrected chi connectivity index (χ0v) is 9.99. The third-order valence-electron chi connectivity index (χ3n) is 2.06. The number of hydrogen-bond acceptors (Lipinski definition) is 3. The maximum atomic E-state index is 11.3. The Balaban J connectivity index is 2.08. The smallest absolute Gasteiger partial charge is 0.290 e. The predicted molar refractivity (Wildman–Crippen MR) is 66.3 cm³/mol. The molecule has 1 heterocycles. The number of hydrogen-bond donors (Lipinski definition) is 2. The first-order chi connectivity index (χ1) is 7.75. The van der Waals surface area contributed by atoms with E-state index < -0.39 is 0 Å². The third-order valence-corrected chi connectivity index (χ3v) is 2.55. The fourth-order valence-corrected chi connectivity index (χ4v) is 1.76. The Kier molecular flexibility index (Phi) is 3.36. The topological polar surface area (TPSA) is 57.8 Å². The summed E-state index contributed by atoms with van der Waals surface area (Å²) in [6, 6.07) is 7.87. The molecule has 16 heavy (non-hydrogen) atoms. The quantitative estimate of drug-likeness (QED) is 0.905. The van der Waals surface area contributed by atoms with Crippen LogP contribution in [-0.4, -0.2) is 9.97 Å². The average molecular weight is 280 g/mol. The summed E-state index contributed by atoms with van der Waals surface area (Å²) in [5.41, 5.74) is 0.872. The molecular weight excluding hydrogens is 270 g/mol. The van der Waals surface area contributed by atoms with Crippen molar-refractivity contribution in [1.82, 2.24) is 9.97 Å². The molecular formula is C11H10BrN3O. The largest absolute Gasteiger partial charge is 0.361 e. The van der Waals surface area contributed by atoms with E-state index in [0.717, 1.165) is 10.0 Å². The zero-order chi connectivity index (χ0) is 11.4. The van der Waals surface area contributed by atoms with Gasteiger partial charge in [0.25, 0.3) is 5.56 Å². The van der Waals surface area contributed by atoms with Crippen molar-refractivity contribution in [2.75, 3.05) is 5.32 Å². The minimum absolute atomic E-state index is 0.211. The summed E-state index contributed by atoms with van der Waals surface area (Å²) in [6.07, 6.45) is 3.05. The standard InChI is InChI=1S/C11H10BrN3O/c12-9-3-1-2-8(6-9)7-15-10-11(16)14-5-4-13-10/h1-6H,7H2,(H,13,15)(H,14,16). The summed E-state index contributed by atoms with van der Waals surface area (Å²) >= 11 is 3.39. The normalized spacial score (nSPS) is 10.1. The highest BCUT2D eigenvalue weighted by Gasteiger charge is 1.99. The van der Waals surface area contributed by atoms with Crippen molar-refractivity contribution in [2.24, 2.45) is 0 Å². The van der Waals surface area contributed by atoms with Crippen molar-refractivity contribution in [2.45, 2.75) is 6.54 Å². The molecule has 4 nitrogen and oxygen atoms in total. The van der Waals surface area contributed by atoms with Crippen LogP contribution in [0.3, 0.4) is 0 Å². The highest BCUT2D eigenvalue weighted by Crippen LogP contribution is 2.12. The minimum atomic E-state index is -0.211. The molecule has 0 saturated carbocycles. The Hall–Kier alpha value is -1.62. The fourth-order valence-electron chi connectivity index (χ4n) is 1.31. The molecule has 1 aromatic heterocycles. The van der Waals surface area contributed by atoms with Crippen molar-refractivity contribution < 1.29 is 0 Å². The van der Waals surface area contributed by atoms with Crippen molar-refractivity contribution in [3.05, 3.63) is 57.0 Å². The highest BCUT2D eigenvalue weighted by molar-refractivity contribution is 9.10. The summed E-state index contributed by atoms with van der Waals surface area (Å²) in [4.78, 5) is 17.8. The Bertz CT molecular complexity index is 539. The molecule has 1 aromatic carbocycles. The van der Waals surface area contributed by atoms with Gasteiger partial charge in [-0.05, 0) is 17.7 Å². The first-order valence-corrected chi connectivity index (χ1v) is 5.57. The number of aromatic amines is 1. The van der Waals surface area contributed by atoms with Gasteiger partial charge in [0.05, 0.1) is 0 Å². The van der Waals surface area contributed by atoms with Crippen molar-refractivity contribution in [3.63, 3.8) is 0 Å². The van der Waals surface area contributed by atoms with E-state index in [0.29, 0.717) is 12.4 Å². The number of halogens is 1. The van der Waals surface area contributed by atoms with E-state index in [-0.39, 0.29) is 5.56 Å². The molecule has 0 atom stereocenters. The summed E-state index contributed by atoms with van der Waals surface area (Å²) in [6.45, 7) is 0.569. The zero-order valence-electron chi connectivity index (χ0n) is 8.40. The molecule has 0 unspecified atom stereocenters. The van der Waals surface area contributed by atoms with Gasteiger partial charge in [0.2, 0.25) is 0 Å². The van der Waals surface area contributed by atoms with Gasteiger partial charge < -0.3 is 10.3 Å². The molecule has 0 bridgehead atoms. The van der Waals surface area contributed by atoms with E-state index in [1.807, 2.05) is 24.3 Å². The van der Waals surface area contributed by atoms with Crippen LogP contribution in [0.1, 0.15) is 5.56 Å². The van der Waals surface area contributed by atoms with Crippen molar-refractivity contribution in [3.8, 4) is 0 Å². The third kappa shape index (κ3) is 2.70. The van der Waals surface area contributed by atoms with Gasteiger partial charge in [0, 0.05) is 23.4 Å². The summed E-state index contributed by atoms with van der Waals surface area (Å²) in [5, 5.41) is 2.98. The lowest BCUT2D eigenvalue weighted by Gasteiger charge is -2.04. The van der Waals surface area contributed by atoms with Crippen LogP contribution in [0.4, 0.5) is 5.82 Å². The molecule has 0 saturated heterocycles. The van der Waals surface area contributed by atoms with E-state index in [9.17, 15) is 4.79 Å². The van der Waals surface area contributed by atoms with Gasteiger partial charge in [-0.2, -0.15) is 0 Å². The second-order valence-corrected chi connectivity index (χ2v) is 4.17. The van der Waals surface area contributed by atoms with Crippen LogP contribution in [0.2, 0.25) is 0 Å². The Morgan fingerprint density at radius 1 is 1.44 bits per heavy atom. The summed E-state index contributed by atoms with van der Waals surface area (Å²) < 4.78 is 1.02. The van der Waals surface area contributed by atoms with Crippen LogP contribution >= 0.6 is 15.9 Å². The van der Waals surface area contributed by atoms with Gasteiger partial charge in [0.15, 0.2) is 5.82 Å². The molecule has 5 heteroatoms. The van der Waals surface area contributed by atoms with Crippen LogP contribution in [0.25, 0.3) is 0 Å². The maximum Gasteiger partial charge on any atom is 0.290 e. The van der Waals surface area contributed by atoms with E-state index in [1.165, 1.54) is 6.20 Å². The van der Waals surface area contributed by atoms with Gasteiger partial charge >= 0.3 is 0 Å². The molecule has 0 aliphatic rings. The Morgan fingerprint density at radius 2 is 2.31 bits per heavy atom. The maximum absolute atomic E-state index is 11.3. The molecule has 2 aromatic rings. The second-order valence-electron chi connectivity index (χ2n) is 3.25. The highest BCUT2D eigenvalue weighted by atomic mass is 79.9. The van der Waals surface area contributed by atoms with Crippen molar-refractivity contribution >= 4 is 21.7 Å². The second kappa shape index (κ2) is 4.94. The van der Waals surface area contributed by atoms with E-state index in [1.54, 1.807) is 6.20 Å². The summed E-state index contributed by atoms with van der Waals surface area (Å²) in [5.74, 6) is 0.336. The minimum Gasteiger partial charge on any atom is -0.361 e. The van der Waals surface area contributed by atoms with Crippen LogP contribution in [0.15, 0.2) is 45.9 Å². The number of rotatable bonds is 3.